The number of hydrogen-bond donors (Lipinski definition) is 1. The van der Waals surface area contributed by atoms with Crippen molar-refractivity contribution < 1.29 is 14.3 Å². The molecule has 0 saturated heterocycles. The van der Waals surface area contributed by atoms with Crippen molar-refractivity contribution >= 4 is 11.8 Å². The summed E-state index contributed by atoms with van der Waals surface area (Å²) in [7, 11) is 1.34. The summed E-state index contributed by atoms with van der Waals surface area (Å²) in [6.45, 7) is 0.466. The third-order valence-corrected chi connectivity index (χ3v) is 3.72. The summed E-state index contributed by atoms with van der Waals surface area (Å²) in [4.78, 5) is 16.1. The van der Waals surface area contributed by atoms with Gasteiger partial charge in [0.05, 0.1) is 12.7 Å². The van der Waals surface area contributed by atoms with Crippen LogP contribution in [0.5, 0.6) is 5.75 Å². The summed E-state index contributed by atoms with van der Waals surface area (Å²) in [6, 6.07) is 18.9. The van der Waals surface area contributed by atoms with Gasteiger partial charge in [-0.15, -0.1) is 0 Å². The fourth-order valence-corrected chi connectivity index (χ4v) is 2.47. The van der Waals surface area contributed by atoms with Crippen molar-refractivity contribution in [1.29, 1.82) is 0 Å². The topological polar surface area (TPSA) is 74.4 Å². The van der Waals surface area contributed by atoms with Gasteiger partial charge >= 0.3 is 5.97 Å². The van der Waals surface area contributed by atoms with Gasteiger partial charge in [0.2, 0.25) is 0 Å². The van der Waals surface area contributed by atoms with Gasteiger partial charge in [-0.2, -0.15) is 0 Å². The van der Waals surface area contributed by atoms with Gasteiger partial charge in [-0.1, -0.05) is 42.5 Å². The summed E-state index contributed by atoms with van der Waals surface area (Å²) in [5, 5.41) is 0. The molecule has 2 N–H and O–H groups in total. The van der Waals surface area contributed by atoms with Crippen LogP contribution in [0.1, 0.15) is 15.9 Å². The van der Waals surface area contributed by atoms with E-state index < -0.39 is 5.97 Å². The number of rotatable bonds is 5. The second-order valence-electron chi connectivity index (χ2n) is 5.45. The highest BCUT2D eigenvalue weighted by Gasteiger charge is 2.15. The molecule has 0 spiro atoms. The Hall–Kier alpha value is -3.34. The zero-order valence-electron chi connectivity index (χ0n) is 13.8. The predicted octanol–water partition coefficient (Wildman–Crippen LogP) is 3.70. The van der Waals surface area contributed by atoms with Crippen LogP contribution in [-0.4, -0.2) is 18.1 Å². The number of benzene rings is 2. The third kappa shape index (κ3) is 3.95. The van der Waals surface area contributed by atoms with Crippen molar-refractivity contribution in [2.75, 3.05) is 12.8 Å². The Morgan fingerprint density at radius 1 is 1.08 bits per heavy atom. The van der Waals surface area contributed by atoms with Gasteiger partial charge in [0.1, 0.15) is 18.2 Å². The maximum absolute atomic E-state index is 12.0. The van der Waals surface area contributed by atoms with Crippen molar-refractivity contribution in [2.24, 2.45) is 0 Å². The molecule has 0 aliphatic carbocycles. The summed E-state index contributed by atoms with van der Waals surface area (Å²) in [6.07, 6.45) is 1.57. The number of aromatic nitrogens is 1. The van der Waals surface area contributed by atoms with E-state index >= 15 is 0 Å². The summed E-state index contributed by atoms with van der Waals surface area (Å²) < 4.78 is 10.7. The monoisotopic (exact) mass is 334 g/mol. The lowest BCUT2D eigenvalue weighted by molar-refractivity contribution is 0.0601. The second-order valence-corrected chi connectivity index (χ2v) is 5.45. The quantitative estimate of drug-likeness (QED) is 0.720. The SMILES string of the molecule is COC(=O)c1cc(N)ncc1-c1cccc(OCc2ccccc2)c1. The van der Waals surface area contributed by atoms with Crippen molar-refractivity contribution in [3.05, 3.63) is 78.0 Å². The van der Waals surface area contributed by atoms with Crippen LogP contribution in [0.3, 0.4) is 0 Å². The first-order valence-electron chi connectivity index (χ1n) is 7.78. The Balaban J connectivity index is 1.88. The molecule has 0 aliphatic rings. The molecule has 0 bridgehead atoms. The van der Waals surface area contributed by atoms with Crippen molar-refractivity contribution in [3.8, 4) is 16.9 Å². The van der Waals surface area contributed by atoms with Crippen LogP contribution >= 0.6 is 0 Å². The molecule has 0 saturated carbocycles. The number of anilines is 1. The highest BCUT2D eigenvalue weighted by Crippen LogP contribution is 2.28. The molecule has 5 heteroatoms. The standard InChI is InChI=1S/C20H18N2O3/c1-24-20(23)17-11-19(21)22-12-18(17)15-8-5-9-16(10-15)25-13-14-6-3-2-4-7-14/h2-12H,13H2,1H3,(H2,21,22). The van der Waals surface area contributed by atoms with Gasteiger partial charge in [-0.3, -0.25) is 0 Å². The summed E-state index contributed by atoms with van der Waals surface area (Å²) in [5.41, 5.74) is 8.60. The first-order valence-corrected chi connectivity index (χ1v) is 7.78. The van der Waals surface area contributed by atoms with Crippen LogP contribution in [0.2, 0.25) is 0 Å². The van der Waals surface area contributed by atoms with E-state index in [1.165, 1.54) is 13.2 Å². The fourth-order valence-electron chi connectivity index (χ4n) is 2.47. The van der Waals surface area contributed by atoms with Crippen LogP contribution in [-0.2, 0) is 11.3 Å². The molecule has 0 atom stereocenters. The number of ether oxygens (including phenoxy) is 2. The maximum Gasteiger partial charge on any atom is 0.338 e. The number of pyridine rings is 1. The molecular formula is C20H18N2O3. The molecule has 0 radical (unpaired) electrons. The fraction of sp³-hybridized carbons (Fsp3) is 0.100. The van der Waals surface area contributed by atoms with Crippen LogP contribution in [0.25, 0.3) is 11.1 Å². The number of esters is 1. The molecule has 126 valence electrons. The van der Waals surface area contributed by atoms with E-state index in [0.717, 1.165) is 11.1 Å². The highest BCUT2D eigenvalue weighted by atomic mass is 16.5. The van der Waals surface area contributed by atoms with E-state index in [-0.39, 0.29) is 5.82 Å². The molecule has 1 aromatic heterocycles. The van der Waals surface area contributed by atoms with Crippen LogP contribution in [0.15, 0.2) is 66.9 Å². The molecule has 0 amide bonds. The molecule has 0 aliphatic heterocycles. The van der Waals surface area contributed by atoms with E-state index in [1.807, 2.05) is 54.6 Å². The average molecular weight is 334 g/mol. The second kappa shape index (κ2) is 7.49. The van der Waals surface area contributed by atoms with Crippen LogP contribution < -0.4 is 10.5 Å². The summed E-state index contributed by atoms with van der Waals surface area (Å²) >= 11 is 0. The lowest BCUT2D eigenvalue weighted by atomic mass is 10.0. The minimum Gasteiger partial charge on any atom is -0.489 e. The molecule has 3 rings (SSSR count). The van der Waals surface area contributed by atoms with Crippen LogP contribution in [0.4, 0.5) is 5.82 Å². The Bertz CT molecular complexity index is 879. The first kappa shape index (κ1) is 16.5. The lowest BCUT2D eigenvalue weighted by Crippen LogP contribution is -2.06. The number of carbonyl (C=O) groups excluding carboxylic acids is 1. The Morgan fingerprint density at radius 2 is 1.88 bits per heavy atom. The van der Waals surface area contributed by atoms with Crippen molar-refractivity contribution in [2.45, 2.75) is 6.61 Å². The predicted molar refractivity (Wildman–Crippen MR) is 96.2 cm³/mol. The van der Waals surface area contributed by atoms with Crippen molar-refractivity contribution in [3.63, 3.8) is 0 Å². The van der Waals surface area contributed by atoms with E-state index in [9.17, 15) is 4.79 Å². The van der Waals surface area contributed by atoms with Gasteiger partial charge in [0.25, 0.3) is 0 Å². The Labute approximate surface area is 146 Å². The van der Waals surface area contributed by atoms with Gasteiger partial charge < -0.3 is 15.2 Å². The largest absolute Gasteiger partial charge is 0.489 e. The molecule has 0 fully saturated rings. The first-order chi connectivity index (χ1) is 12.2. The van der Waals surface area contributed by atoms with E-state index in [2.05, 4.69) is 4.98 Å². The molecule has 5 nitrogen and oxygen atoms in total. The Morgan fingerprint density at radius 3 is 2.64 bits per heavy atom. The average Bonchev–Trinajstić information content (AvgIpc) is 2.66. The molecular weight excluding hydrogens is 316 g/mol. The molecule has 0 unspecified atom stereocenters. The van der Waals surface area contributed by atoms with Gasteiger partial charge in [0, 0.05) is 11.8 Å². The van der Waals surface area contributed by atoms with Gasteiger partial charge in [0.15, 0.2) is 0 Å². The Kier molecular flexibility index (Phi) is 4.95. The normalized spacial score (nSPS) is 10.3. The highest BCUT2D eigenvalue weighted by molar-refractivity contribution is 5.97. The molecule has 25 heavy (non-hydrogen) atoms. The zero-order valence-corrected chi connectivity index (χ0v) is 13.8. The molecule has 2 aromatic carbocycles. The number of hydrogen-bond acceptors (Lipinski definition) is 5. The third-order valence-electron chi connectivity index (χ3n) is 3.72. The van der Waals surface area contributed by atoms with Gasteiger partial charge in [-0.25, -0.2) is 9.78 Å². The number of carbonyl (C=O) groups is 1. The van der Waals surface area contributed by atoms with E-state index in [1.54, 1.807) is 6.20 Å². The van der Waals surface area contributed by atoms with E-state index in [4.69, 9.17) is 15.2 Å². The van der Waals surface area contributed by atoms with Crippen molar-refractivity contribution in [1.82, 2.24) is 4.98 Å². The molecule has 1 heterocycles. The number of nitrogens with zero attached hydrogens (tertiary/aromatic N) is 1. The maximum atomic E-state index is 12.0. The number of nitrogen functional groups attached to an aromatic ring is 1. The smallest absolute Gasteiger partial charge is 0.338 e. The zero-order chi connectivity index (χ0) is 17.6. The molecule has 3 aromatic rings. The summed E-state index contributed by atoms with van der Waals surface area (Å²) in [5.74, 6) is 0.509. The van der Waals surface area contributed by atoms with Crippen LogP contribution in [0, 0.1) is 0 Å². The number of nitrogens with two attached hydrogens (primary N) is 1. The minimum absolute atomic E-state index is 0.264. The van der Waals surface area contributed by atoms with E-state index in [0.29, 0.717) is 23.5 Å². The van der Waals surface area contributed by atoms with Gasteiger partial charge in [-0.05, 0) is 29.3 Å². The minimum atomic E-state index is -0.459. The number of methoxy groups -OCH3 is 1. The lowest BCUT2D eigenvalue weighted by Gasteiger charge is -2.11.